The molecule has 0 spiro atoms. The van der Waals surface area contributed by atoms with E-state index >= 15 is 4.39 Å². The molecular formula is C27H37FO7. The maximum Gasteiger partial charge on any atom is 0.348 e. The van der Waals surface area contributed by atoms with E-state index in [1.165, 1.54) is 12.2 Å². The normalized spacial score (nSPS) is 45.6. The molecule has 4 aliphatic carbocycles. The fraction of sp³-hybridized carbons (Fsp3) is 0.741. The van der Waals surface area contributed by atoms with Gasteiger partial charge in [0.2, 0.25) is 6.10 Å². The number of aliphatic hydroxyl groups excluding tert-OH is 1. The third kappa shape index (κ3) is 3.24. The number of hydrogen-bond acceptors (Lipinski definition) is 6. The number of carboxylic acids is 1. The molecule has 194 valence electrons. The van der Waals surface area contributed by atoms with Crippen molar-refractivity contribution in [2.45, 2.75) is 90.7 Å². The maximum absolute atomic E-state index is 17.2. The van der Waals surface area contributed by atoms with Gasteiger partial charge in [0.15, 0.2) is 11.5 Å². The molecule has 35 heavy (non-hydrogen) atoms. The van der Waals surface area contributed by atoms with Gasteiger partial charge in [-0.2, -0.15) is 0 Å². The Morgan fingerprint density at radius 1 is 1.23 bits per heavy atom. The van der Waals surface area contributed by atoms with Crippen LogP contribution >= 0.6 is 0 Å². The number of halogens is 1. The Kier molecular flexibility index (Phi) is 5.74. The minimum atomic E-state index is -2.09. The number of aliphatic hydroxyl groups is 2. The van der Waals surface area contributed by atoms with E-state index in [-0.39, 0.29) is 12.2 Å². The van der Waals surface area contributed by atoms with E-state index in [0.29, 0.717) is 24.8 Å². The van der Waals surface area contributed by atoms with Crippen molar-refractivity contribution in [1.29, 1.82) is 0 Å². The summed E-state index contributed by atoms with van der Waals surface area (Å²) < 4.78 is 22.7. The number of carbonyl (C=O) groups is 3. The predicted octanol–water partition coefficient (Wildman–Crippen LogP) is 3.38. The molecule has 0 saturated heterocycles. The van der Waals surface area contributed by atoms with Crippen LogP contribution in [0.1, 0.15) is 67.2 Å². The highest BCUT2D eigenvalue weighted by atomic mass is 19.1. The Morgan fingerprint density at radius 2 is 1.86 bits per heavy atom. The second-order valence-corrected chi connectivity index (χ2v) is 12.6. The van der Waals surface area contributed by atoms with Crippen molar-refractivity contribution in [2.24, 2.45) is 34.0 Å². The van der Waals surface area contributed by atoms with Gasteiger partial charge >= 0.3 is 11.9 Å². The summed E-state index contributed by atoms with van der Waals surface area (Å²) in [6, 6.07) is 0. The number of fused-ring (bicyclic) bond motifs is 5. The van der Waals surface area contributed by atoms with Crippen LogP contribution in [0.15, 0.2) is 23.8 Å². The molecule has 0 aromatic rings. The van der Waals surface area contributed by atoms with Crippen molar-refractivity contribution in [1.82, 2.24) is 0 Å². The summed E-state index contributed by atoms with van der Waals surface area (Å²) in [5, 5.41) is 33.6. The van der Waals surface area contributed by atoms with Crippen molar-refractivity contribution in [3.8, 4) is 0 Å². The third-order valence-electron chi connectivity index (χ3n) is 9.77. The van der Waals surface area contributed by atoms with Gasteiger partial charge in [0.25, 0.3) is 0 Å². The summed E-state index contributed by atoms with van der Waals surface area (Å²) >= 11 is 0. The van der Waals surface area contributed by atoms with Crippen molar-refractivity contribution < 1.29 is 38.8 Å². The molecule has 0 aromatic heterocycles. The van der Waals surface area contributed by atoms with E-state index in [4.69, 9.17) is 4.74 Å². The zero-order valence-corrected chi connectivity index (χ0v) is 21.3. The number of ketones is 1. The SMILES string of the molecule is CC1C[C@H]2[C@@H]3CCC4=CC(=O)C=C[C@]4(C)[C@@]3(F)C(O)C[C@]2(C)[C@@]1(O)[C@H](OC(=O)C(C)(C)C)C(=O)O. The molecule has 3 fully saturated rings. The molecule has 3 N–H and O–H groups in total. The summed E-state index contributed by atoms with van der Waals surface area (Å²) in [5.41, 5.74) is -6.85. The zero-order valence-electron chi connectivity index (χ0n) is 21.3. The van der Waals surface area contributed by atoms with Crippen LogP contribution in [-0.2, 0) is 19.1 Å². The smallest absolute Gasteiger partial charge is 0.348 e. The van der Waals surface area contributed by atoms with E-state index in [2.05, 4.69) is 0 Å². The lowest BCUT2D eigenvalue weighted by molar-refractivity contribution is -0.246. The van der Waals surface area contributed by atoms with Crippen LogP contribution in [0.4, 0.5) is 4.39 Å². The molecule has 0 amide bonds. The monoisotopic (exact) mass is 492 g/mol. The van der Waals surface area contributed by atoms with Crippen molar-refractivity contribution in [3.05, 3.63) is 23.8 Å². The lowest BCUT2D eigenvalue weighted by Gasteiger charge is -2.63. The van der Waals surface area contributed by atoms with E-state index in [9.17, 15) is 29.7 Å². The topological polar surface area (TPSA) is 121 Å². The molecule has 0 bridgehead atoms. The van der Waals surface area contributed by atoms with Gasteiger partial charge in [0, 0.05) is 16.7 Å². The van der Waals surface area contributed by atoms with Gasteiger partial charge in [-0.1, -0.05) is 25.5 Å². The largest absolute Gasteiger partial charge is 0.478 e. The van der Waals surface area contributed by atoms with Crippen molar-refractivity contribution in [2.75, 3.05) is 0 Å². The molecule has 9 atom stereocenters. The molecule has 0 aromatic carbocycles. The number of carboxylic acid groups (broad SMARTS) is 1. The minimum Gasteiger partial charge on any atom is -0.478 e. The van der Waals surface area contributed by atoms with E-state index in [1.54, 1.807) is 47.6 Å². The number of alkyl halides is 1. The third-order valence-corrected chi connectivity index (χ3v) is 9.77. The summed E-state index contributed by atoms with van der Waals surface area (Å²) in [7, 11) is 0. The summed E-state index contributed by atoms with van der Waals surface area (Å²) in [4.78, 5) is 37.0. The lowest BCUT2D eigenvalue weighted by Crippen LogP contribution is -2.70. The predicted molar refractivity (Wildman–Crippen MR) is 125 cm³/mol. The molecule has 4 rings (SSSR count). The second-order valence-electron chi connectivity index (χ2n) is 12.6. The van der Waals surface area contributed by atoms with Gasteiger partial charge in [0.05, 0.1) is 11.5 Å². The molecule has 3 saturated carbocycles. The Bertz CT molecular complexity index is 1030. The minimum absolute atomic E-state index is 0.201. The number of ether oxygens (including phenoxy) is 1. The van der Waals surface area contributed by atoms with Gasteiger partial charge in [-0.15, -0.1) is 0 Å². The lowest BCUT2D eigenvalue weighted by atomic mass is 9.44. The first kappa shape index (κ1) is 26.0. The van der Waals surface area contributed by atoms with Crippen LogP contribution in [0.2, 0.25) is 0 Å². The number of aliphatic carboxylic acids is 1. The van der Waals surface area contributed by atoms with E-state index in [0.717, 1.165) is 0 Å². The standard InChI is InChI=1S/C27H37FO7/c1-14-11-18-17-8-7-15-12-16(29)9-10-24(15,5)26(17,28)19(30)13-25(18,6)27(14,34)20(21(31)32)35-22(33)23(2,3)4/h9-10,12,14,17-20,30,34H,7-8,11,13H2,1-6H3,(H,31,32)/t14?,17-,18-,19?,20+,24-,25-,26-,27-/m0/s1. The molecule has 0 radical (unpaired) electrons. The van der Waals surface area contributed by atoms with E-state index in [1.807, 2.05) is 0 Å². The van der Waals surface area contributed by atoms with E-state index < -0.39 is 69.4 Å². The fourth-order valence-electron chi connectivity index (χ4n) is 7.75. The molecule has 0 heterocycles. The highest BCUT2D eigenvalue weighted by Crippen LogP contribution is 2.71. The first-order valence-corrected chi connectivity index (χ1v) is 12.4. The summed E-state index contributed by atoms with van der Waals surface area (Å²) in [5.74, 6) is -4.21. The summed E-state index contributed by atoms with van der Waals surface area (Å²) in [6.45, 7) is 9.89. The number of carbonyl (C=O) groups excluding carboxylic acids is 2. The van der Waals surface area contributed by atoms with Gasteiger partial charge in [-0.05, 0) is 77.4 Å². The highest BCUT2D eigenvalue weighted by Gasteiger charge is 2.76. The molecule has 0 aliphatic heterocycles. The Balaban J connectivity index is 1.79. The highest BCUT2D eigenvalue weighted by molar-refractivity contribution is 6.01. The Labute approximate surface area is 205 Å². The van der Waals surface area contributed by atoms with Crippen LogP contribution in [0.25, 0.3) is 0 Å². The molecule has 2 unspecified atom stereocenters. The van der Waals surface area contributed by atoms with Crippen LogP contribution in [0, 0.1) is 34.0 Å². The van der Waals surface area contributed by atoms with Gasteiger partial charge < -0.3 is 20.1 Å². The second kappa shape index (κ2) is 7.72. The first-order chi connectivity index (χ1) is 15.9. The zero-order chi connectivity index (χ0) is 26.4. The molecular weight excluding hydrogens is 455 g/mol. The Morgan fingerprint density at radius 3 is 2.43 bits per heavy atom. The average Bonchev–Trinajstić information content (AvgIpc) is 2.93. The molecule has 4 aliphatic rings. The first-order valence-electron chi connectivity index (χ1n) is 12.4. The maximum atomic E-state index is 17.2. The van der Waals surface area contributed by atoms with Crippen LogP contribution in [-0.4, -0.2) is 56.5 Å². The van der Waals surface area contributed by atoms with Gasteiger partial charge in [-0.25, -0.2) is 9.18 Å². The average molecular weight is 493 g/mol. The number of rotatable bonds is 3. The summed E-state index contributed by atoms with van der Waals surface area (Å²) in [6.07, 6.45) is 1.92. The van der Waals surface area contributed by atoms with Crippen LogP contribution in [0.5, 0.6) is 0 Å². The quantitative estimate of drug-likeness (QED) is 0.517. The number of hydrogen-bond donors (Lipinski definition) is 3. The molecule has 7 nitrogen and oxygen atoms in total. The van der Waals surface area contributed by atoms with Gasteiger partial charge in [-0.3, -0.25) is 9.59 Å². The van der Waals surface area contributed by atoms with Crippen molar-refractivity contribution in [3.63, 3.8) is 0 Å². The fourth-order valence-corrected chi connectivity index (χ4v) is 7.75. The number of esters is 1. The van der Waals surface area contributed by atoms with Crippen LogP contribution in [0.3, 0.4) is 0 Å². The van der Waals surface area contributed by atoms with Gasteiger partial charge in [0.1, 0.15) is 5.60 Å². The Hall–Kier alpha value is -2.06. The van der Waals surface area contributed by atoms with Crippen LogP contribution < -0.4 is 0 Å². The van der Waals surface area contributed by atoms with Crippen molar-refractivity contribution >= 4 is 17.7 Å². The number of allylic oxidation sites excluding steroid dienone is 4. The molecule has 8 heteroatoms.